The molecule has 0 radical (unpaired) electrons. The van der Waals surface area contributed by atoms with Crippen molar-refractivity contribution in [2.24, 2.45) is 11.1 Å². The Morgan fingerprint density at radius 1 is 1.39 bits per heavy atom. The number of urea groups is 1. The summed E-state index contributed by atoms with van der Waals surface area (Å²) in [5, 5.41) is 18.2. The number of hydrogen-bond donors (Lipinski definition) is 4. The van der Waals surface area contributed by atoms with Crippen molar-refractivity contribution in [2.45, 2.75) is 69.3 Å². The molecule has 0 spiro atoms. The highest BCUT2D eigenvalue weighted by atomic mass is 32.3. The Morgan fingerprint density at radius 2 is 2.06 bits per heavy atom. The van der Waals surface area contributed by atoms with E-state index in [2.05, 4.69) is 5.32 Å². The lowest BCUT2D eigenvalue weighted by Gasteiger charge is -2.33. The van der Waals surface area contributed by atoms with Crippen LogP contribution in [0, 0.1) is 16.5 Å². The van der Waals surface area contributed by atoms with Crippen molar-refractivity contribution in [3.8, 4) is 0 Å². The first-order valence-electron chi connectivity index (χ1n) is 10.5. The average Bonchev–Trinajstić information content (AvgIpc) is 3.33. The summed E-state index contributed by atoms with van der Waals surface area (Å²) < 4.78 is 34.1. The molecule has 170 valence electrons. The molecule has 2 unspecified atom stereocenters. The summed E-state index contributed by atoms with van der Waals surface area (Å²) in [4.78, 5) is 14.5. The molecule has 5 N–H and O–H groups in total. The number of nitrogens with one attached hydrogen (secondary N) is 2. The molecule has 2 atom stereocenters. The van der Waals surface area contributed by atoms with E-state index in [0.29, 0.717) is 18.0 Å². The van der Waals surface area contributed by atoms with Gasteiger partial charge in [0.2, 0.25) is 0 Å². The first-order valence-corrected chi connectivity index (χ1v) is 13.0. The molecular formula is C21H29FN4O3S2. The molecule has 10 heteroatoms. The molecule has 7 nitrogen and oxygen atoms in total. The van der Waals surface area contributed by atoms with Gasteiger partial charge in [0, 0.05) is 11.9 Å². The molecule has 2 amide bonds. The van der Waals surface area contributed by atoms with Crippen LogP contribution in [0.1, 0.15) is 63.0 Å². The second-order valence-corrected chi connectivity index (χ2v) is 12.3. The van der Waals surface area contributed by atoms with Gasteiger partial charge in [-0.3, -0.25) is 4.90 Å². The SMILES string of the molecule is CC(C)(O)C1SC(S(=N)(N)=O)=CN1C(=O)Nc1c(CC2CCC2)cc(F)cc1C1CC1. The van der Waals surface area contributed by atoms with Crippen molar-refractivity contribution < 1.29 is 18.5 Å². The highest BCUT2D eigenvalue weighted by Crippen LogP contribution is 2.46. The third kappa shape index (κ3) is 4.92. The Hall–Kier alpha value is -1.62. The zero-order valence-corrected chi connectivity index (χ0v) is 19.3. The summed E-state index contributed by atoms with van der Waals surface area (Å²) in [5.41, 5.74) is 0.907. The number of nitrogens with zero attached hydrogens (tertiary/aromatic N) is 1. The summed E-state index contributed by atoms with van der Waals surface area (Å²) in [6, 6.07) is 2.48. The van der Waals surface area contributed by atoms with Gasteiger partial charge < -0.3 is 10.4 Å². The number of carbonyl (C=O) groups excluding carboxylic acids is 1. The first kappa shape index (κ1) is 22.6. The summed E-state index contributed by atoms with van der Waals surface area (Å²) >= 11 is 0.953. The number of aliphatic hydroxyl groups is 1. The molecule has 3 aliphatic rings. The van der Waals surface area contributed by atoms with Gasteiger partial charge in [-0.1, -0.05) is 31.0 Å². The van der Waals surface area contributed by atoms with Crippen molar-refractivity contribution in [3.63, 3.8) is 0 Å². The molecule has 4 rings (SSSR count). The van der Waals surface area contributed by atoms with Crippen molar-refractivity contribution in [1.82, 2.24) is 4.90 Å². The van der Waals surface area contributed by atoms with Gasteiger partial charge in [0.25, 0.3) is 0 Å². The third-order valence-electron chi connectivity index (χ3n) is 6.06. The molecule has 1 heterocycles. The van der Waals surface area contributed by atoms with E-state index in [4.69, 9.17) is 9.92 Å². The summed E-state index contributed by atoms with van der Waals surface area (Å²) in [6.07, 6.45) is 7.29. The smallest absolute Gasteiger partial charge is 0.327 e. The molecule has 1 aromatic rings. The second-order valence-electron chi connectivity index (χ2n) is 9.31. The molecule has 1 aromatic carbocycles. The summed E-state index contributed by atoms with van der Waals surface area (Å²) in [5.74, 6) is 0.429. The van der Waals surface area contributed by atoms with Gasteiger partial charge in [-0.2, -0.15) is 0 Å². The number of rotatable bonds is 6. The largest absolute Gasteiger partial charge is 0.387 e. The van der Waals surface area contributed by atoms with Crippen molar-refractivity contribution in [3.05, 3.63) is 39.5 Å². The average molecular weight is 469 g/mol. The van der Waals surface area contributed by atoms with Gasteiger partial charge in [-0.05, 0) is 68.2 Å². The Kier molecular flexibility index (Phi) is 5.87. The van der Waals surface area contributed by atoms with Crippen molar-refractivity contribution >= 4 is 33.4 Å². The molecule has 2 fully saturated rings. The molecular weight excluding hydrogens is 439 g/mol. The fourth-order valence-corrected chi connectivity index (χ4v) is 6.14. The number of amides is 2. The zero-order chi connectivity index (χ0) is 22.6. The lowest BCUT2D eigenvalue weighted by Crippen LogP contribution is -2.47. The number of hydrogen-bond acceptors (Lipinski definition) is 5. The standard InChI is InChI=1S/C21H29FN4O3S2/c1-21(2,28)19-26(11-17(30-19)31(23,24)29)20(27)25-18-14(8-12-4-3-5-12)9-15(22)10-16(18)13-6-7-13/h9-13,19,28H,3-8H2,1-2H3,(H,25,27)(H3,23,24,29). The predicted octanol–water partition coefficient (Wildman–Crippen LogP) is 4.44. The van der Waals surface area contributed by atoms with E-state index in [0.717, 1.165) is 48.6 Å². The van der Waals surface area contributed by atoms with Crippen LogP contribution in [-0.2, 0) is 16.3 Å². The van der Waals surface area contributed by atoms with Crippen LogP contribution in [0.4, 0.5) is 14.9 Å². The van der Waals surface area contributed by atoms with Crippen molar-refractivity contribution in [2.75, 3.05) is 5.32 Å². The van der Waals surface area contributed by atoms with E-state index in [1.165, 1.54) is 29.7 Å². The number of thioether (sulfide) groups is 1. The maximum atomic E-state index is 14.4. The van der Waals surface area contributed by atoms with Crippen LogP contribution < -0.4 is 10.5 Å². The van der Waals surface area contributed by atoms with Crippen LogP contribution in [0.2, 0.25) is 0 Å². The van der Waals surface area contributed by atoms with Crippen LogP contribution in [0.5, 0.6) is 0 Å². The fourth-order valence-electron chi connectivity index (χ4n) is 4.07. The minimum absolute atomic E-state index is 0.0333. The Morgan fingerprint density at radius 3 is 2.58 bits per heavy atom. The molecule has 1 aliphatic heterocycles. The monoisotopic (exact) mass is 468 g/mol. The predicted molar refractivity (Wildman–Crippen MR) is 121 cm³/mol. The van der Waals surface area contributed by atoms with E-state index in [1.807, 2.05) is 0 Å². The molecule has 0 bridgehead atoms. The Bertz CT molecular complexity index is 1030. The highest BCUT2D eigenvalue weighted by Gasteiger charge is 2.42. The minimum atomic E-state index is -3.53. The van der Waals surface area contributed by atoms with Crippen LogP contribution >= 0.6 is 11.8 Å². The lowest BCUT2D eigenvalue weighted by molar-refractivity contribution is 0.0470. The van der Waals surface area contributed by atoms with Crippen molar-refractivity contribution in [1.29, 1.82) is 4.78 Å². The topological polar surface area (TPSA) is 120 Å². The second kappa shape index (κ2) is 8.06. The van der Waals surface area contributed by atoms with Gasteiger partial charge in [-0.25, -0.2) is 23.3 Å². The number of nitrogens with two attached hydrogens (primary N) is 1. The normalized spacial score (nSPS) is 23.8. The lowest BCUT2D eigenvalue weighted by atomic mass is 9.80. The Labute approximate surface area is 186 Å². The molecule has 0 aromatic heterocycles. The summed E-state index contributed by atoms with van der Waals surface area (Å²) in [6.45, 7) is 3.08. The minimum Gasteiger partial charge on any atom is -0.387 e. The fraction of sp³-hybridized carbons (Fsp3) is 0.571. The van der Waals surface area contributed by atoms with Gasteiger partial charge in [0.1, 0.15) is 25.3 Å². The van der Waals surface area contributed by atoms with Crippen LogP contribution in [0.25, 0.3) is 0 Å². The molecule has 2 saturated carbocycles. The summed E-state index contributed by atoms with van der Waals surface area (Å²) in [7, 11) is -3.53. The number of benzene rings is 1. The van der Waals surface area contributed by atoms with Gasteiger partial charge >= 0.3 is 6.03 Å². The third-order valence-corrected chi connectivity index (χ3v) is 9.16. The highest BCUT2D eigenvalue weighted by molar-refractivity contribution is 8.18. The molecule has 2 aliphatic carbocycles. The van der Waals surface area contributed by atoms with E-state index in [9.17, 15) is 18.5 Å². The van der Waals surface area contributed by atoms with E-state index >= 15 is 0 Å². The van der Waals surface area contributed by atoms with Gasteiger partial charge in [-0.15, -0.1) is 0 Å². The maximum Gasteiger partial charge on any atom is 0.327 e. The first-order chi connectivity index (χ1) is 14.4. The van der Waals surface area contributed by atoms with Crippen LogP contribution in [0.3, 0.4) is 0 Å². The number of halogens is 1. The molecule has 31 heavy (non-hydrogen) atoms. The number of carbonyl (C=O) groups is 1. The van der Waals surface area contributed by atoms with E-state index in [1.54, 1.807) is 13.8 Å². The van der Waals surface area contributed by atoms with E-state index in [-0.39, 0.29) is 16.0 Å². The number of anilines is 1. The van der Waals surface area contributed by atoms with Gasteiger partial charge in [0.15, 0.2) is 0 Å². The van der Waals surface area contributed by atoms with E-state index < -0.39 is 26.9 Å². The Balaban J connectivity index is 1.67. The molecule has 0 saturated heterocycles. The van der Waals surface area contributed by atoms with Crippen LogP contribution in [-0.4, -0.2) is 31.2 Å². The maximum absolute atomic E-state index is 14.4. The van der Waals surface area contributed by atoms with Crippen LogP contribution in [0.15, 0.2) is 22.6 Å². The quantitative estimate of drug-likeness (QED) is 0.493. The van der Waals surface area contributed by atoms with Gasteiger partial charge in [0.05, 0.1) is 5.60 Å². The zero-order valence-electron chi connectivity index (χ0n) is 17.7.